The highest BCUT2D eigenvalue weighted by molar-refractivity contribution is 6.62. The lowest BCUT2D eigenvalue weighted by Gasteiger charge is -2.32. The molecular formula is C15H23BO4. The molecule has 1 aliphatic heterocycles. The predicted octanol–water partition coefficient (Wildman–Crippen LogP) is 2.28. The van der Waals surface area contributed by atoms with Crippen LogP contribution >= 0.6 is 0 Å². The number of rotatable bonds is 4. The summed E-state index contributed by atoms with van der Waals surface area (Å²) in [5.41, 5.74) is 1.24. The average Bonchev–Trinajstić information content (AvgIpc) is 2.60. The Morgan fingerprint density at radius 2 is 1.55 bits per heavy atom. The molecule has 0 atom stereocenters. The largest absolute Gasteiger partial charge is 0.494 e. The van der Waals surface area contributed by atoms with Gasteiger partial charge in [-0.2, -0.15) is 0 Å². The minimum absolute atomic E-state index is 0.338. The molecule has 20 heavy (non-hydrogen) atoms. The standard InChI is InChI=1S/C15H23BO4/c1-14(2)15(3,4)20-16(19-14)12-9-7-8-11(10-12)13(17-5)18-6/h7-10,13H,1-6H3. The summed E-state index contributed by atoms with van der Waals surface area (Å²) in [7, 11) is 2.87. The highest BCUT2D eigenvalue weighted by atomic mass is 16.7. The Kier molecular flexibility index (Phi) is 4.26. The van der Waals surface area contributed by atoms with Crippen LogP contribution in [0.3, 0.4) is 0 Å². The summed E-state index contributed by atoms with van der Waals surface area (Å²) in [4.78, 5) is 0. The zero-order chi connectivity index (χ0) is 15.0. The van der Waals surface area contributed by atoms with E-state index >= 15 is 0 Å². The second-order valence-electron chi connectivity index (χ2n) is 6.06. The summed E-state index contributed by atoms with van der Waals surface area (Å²) in [6.07, 6.45) is -0.377. The van der Waals surface area contributed by atoms with E-state index in [1.54, 1.807) is 14.2 Å². The van der Waals surface area contributed by atoms with Crippen LogP contribution in [0.5, 0.6) is 0 Å². The minimum Gasteiger partial charge on any atom is -0.399 e. The van der Waals surface area contributed by atoms with Crippen LogP contribution in [-0.2, 0) is 18.8 Å². The molecule has 1 aromatic rings. The maximum atomic E-state index is 6.05. The minimum atomic E-state index is -0.377. The van der Waals surface area contributed by atoms with Gasteiger partial charge in [0, 0.05) is 19.8 Å². The van der Waals surface area contributed by atoms with Gasteiger partial charge in [0.2, 0.25) is 0 Å². The second kappa shape index (κ2) is 5.49. The van der Waals surface area contributed by atoms with E-state index in [4.69, 9.17) is 18.8 Å². The lowest BCUT2D eigenvalue weighted by atomic mass is 9.78. The fraction of sp³-hybridized carbons (Fsp3) is 0.600. The summed E-state index contributed by atoms with van der Waals surface area (Å²) in [5, 5.41) is 0. The lowest BCUT2D eigenvalue weighted by Crippen LogP contribution is -2.41. The second-order valence-corrected chi connectivity index (χ2v) is 6.06. The van der Waals surface area contributed by atoms with Crippen LogP contribution in [0.4, 0.5) is 0 Å². The van der Waals surface area contributed by atoms with Crippen molar-refractivity contribution in [2.24, 2.45) is 0 Å². The zero-order valence-electron chi connectivity index (χ0n) is 13.1. The molecule has 4 nitrogen and oxygen atoms in total. The van der Waals surface area contributed by atoms with Gasteiger partial charge in [-0.1, -0.05) is 24.3 Å². The third kappa shape index (κ3) is 2.77. The predicted molar refractivity (Wildman–Crippen MR) is 78.9 cm³/mol. The molecule has 5 heteroatoms. The molecule has 0 amide bonds. The molecular weight excluding hydrogens is 255 g/mol. The SMILES string of the molecule is COC(OC)c1cccc(B2OC(C)(C)C(C)(C)O2)c1. The first-order valence-electron chi connectivity index (χ1n) is 6.82. The molecule has 1 fully saturated rings. The van der Waals surface area contributed by atoms with Crippen molar-refractivity contribution in [1.29, 1.82) is 0 Å². The van der Waals surface area contributed by atoms with Gasteiger partial charge in [0.25, 0.3) is 0 Å². The van der Waals surface area contributed by atoms with Crippen LogP contribution in [0.25, 0.3) is 0 Å². The van der Waals surface area contributed by atoms with Crippen LogP contribution in [0.2, 0.25) is 0 Å². The van der Waals surface area contributed by atoms with E-state index in [2.05, 4.69) is 0 Å². The van der Waals surface area contributed by atoms with Crippen molar-refractivity contribution in [1.82, 2.24) is 0 Å². The van der Waals surface area contributed by atoms with Gasteiger partial charge in [0.05, 0.1) is 11.2 Å². The van der Waals surface area contributed by atoms with Crippen LogP contribution in [-0.4, -0.2) is 32.5 Å². The van der Waals surface area contributed by atoms with Crippen LogP contribution in [0, 0.1) is 0 Å². The molecule has 1 saturated heterocycles. The monoisotopic (exact) mass is 278 g/mol. The highest BCUT2D eigenvalue weighted by Crippen LogP contribution is 2.36. The Morgan fingerprint density at radius 1 is 1.00 bits per heavy atom. The van der Waals surface area contributed by atoms with Gasteiger partial charge in [0.15, 0.2) is 6.29 Å². The quantitative estimate of drug-likeness (QED) is 0.625. The molecule has 0 aromatic heterocycles. The van der Waals surface area contributed by atoms with Gasteiger partial charge in [0.1, 0.15) is 0 Å². The van der Waals surface area contributed by atoms with E-state index in [0.717, 1.165) is 11.0 Å². The van der Waals surface area contributed by atoms with Crippen LogP contribution in [0.15, 0.2) is 24.3 Å². The van der Waals surface area contributed by atoms with Crippen molar-refractivity contribution < 1.29 is 18.8 Å². The fourth-order valence-corrected chi connectivity index (χ4v) is 2.20. The van der Waals surface area contributed by atoms with Crippen molar-refractivity contribution in [3.8, 4) is 0 Å². The molecule has 1 heterocycles. The van der Waals surface area contributed by atoms with E-state index in [0.29, 0.717) is 0 Å². The number of hydrogen-bond acceptors (Lipinski definition) is 4. The Hall–Kier alpha value is -0.875. The molecule has 0 radical (unpaired) electrons. The first-order chi connectivity index (χ1) is 9.30. The Balaban J connectivity index is 2.25. The van der Waals surface area contributed by atoms with Crippen molar-refractivity contribution in [2.45, 2.75) is 45.2 Å². The fourth-order valence-electron chi connectivity index (χ4n) is 2.20. The highest BCUT2D eigenvalue weighted by Gasteiger charge is 2.51. The number of ether oxygens (including phenoxy) is 2. The summed E-state index contributed by atoms with van der Waals surface area (Å²) >= 11 is 0. The van der Waals surface area contributed by atoms with Crippen molar-refractivity contribution in [3.63, 3.8) is 0 Å². The molecule has 1 aromatic carbocycles. The van der Waals surface area contributed by atoms with Crippen LogP contribution in [0.1, 0.15) is 39.5 Å². The topological polar surface area (TPSA) is 36.9 Å². The Morgan fingerprint density at radius 3 is 2.05 bits per heavy atom. The maximum absolute atomic E-state index is 6.05. The smallest absolute Gasteiger partial charge is 0.399 e. The maximum Gasteiger partial charge on any atom is 0.494 e. The van der Waals surface area contributed by atoms with E-state index in [1.165, 1.54) is 0 Å². The van der Waals surface area contributed by atoms with E-state index < -0.39 is 0 Å². The van der Waals surface area contributed by atoms with Crippen molar-refractivity contribution in [3.05, 3.63) is 29.8 Å². The number of methoxy groups -OCH3 is 2. The Bertz CT molecular complexity index is 453. The molecule has 1 aliphatic rings. The summed E-state index contributed by atoms with van der Waals surface area (Å²) in [6, 6.07) is 7.92. The first-order valence-corrected chi connectivity index (χ1v) is 6.82. The normalized spacial score (nSPS) is 20.6. The van der Waals surface area contributed by atoms with Gasteiger partial charge < -0.3 is 18.8 Å². The van der Waals surface area contributed by atoms with Crippen molar-refractivity contribution >= 4 is 12.6 Å². The summed E-state index contributed by atoms with van der Waals surface area (Å²) in [5.74, 6) is 0. The molecule has 0 N–H and O–H groups in total. The molecule has 0 saturated carbocycles. The molecule has 0 unspecified atom stereocenters. The van der Waals surface area contributed by atoms with Crippen molar-refractivity contribution in [2.75, 3.05) is 14.2 Å². The Labute approximate surface area is 121 Å². The third-order valence-corrected chi connectivity index (χ3v) is 4.14. The molecule has 0 spiro atoms. The van der Waals surface area contributed by atoms with Gasteiger partial charge in [-0.3, -0.25) is 0 Å². The number of benzene rings is 1. The molecule has 2 rings (SSSR count). The lowest BCUT2D eigenvalue weighted by molar-refractivity contribution is -0.105. The summed E-state index contributed by atoms with van der Waals surface area (Å²) in [6.45, 7) is 8.18. The molecule has 0 aliphatic carbocycles. The zero-order valence-corrected chi connectivity index (χ0v) is 13.1. The molecule has 110 valence electrons. The van der Waals surface area contributed by atoms with Gasteiger partial charge in [-0.05, 0) is 33.2 Å². The summed E-state index contributed by atoms with van der Waals surface area (Å²) < 4.78 is 22.7. The first kappa shape index (κ1) is 15.5. The van der Waals surface area contributed by atoms with Gasteiger partial charge >= 0.3 is 7.12 Å². The molecule has 0 bridgehead atoms. The number of hydrogen-bond donors (Lipinski definition) is 0. The average molecular weight is 278 g/mol. The third-order valence-electron chi connectivity index (χ3n) is 4.14. The van der Waals surface area contributed by atoms with Gasteiger partial charge in [-0.25, -0.2) is 0 Å². The van der Waals surface area contributed by atoms with E-state index in [-0.39, 0.29) is 24.6 Å². The van der Waals surface area contributed by atoms with Crippen LogP contribution < -0.4 is 5.46 Å². The van der Waals surface area contributed by atoms with E-state index in [9.17, 15) is 0 Å². The van der Waals surface area contributed by atoms with Gasteiger partial charge in [-0.15, -0.1) is 0 Å². The van der Waals surface area contributed by atoms with E-state index in [1.807, 2.05) is 52.0 Å².